The summed E-state index contributed by atoms with van der Waals surface area (Å²) in [7, 11) is 1.31. The van der Waals surface area contributed by atoms with Gasteiger partial charge in [-0.25, -0.2) is 14.3 Å². The molecule has 0 fully saturated rings. The smallest absolute Gasteiger partial charge is 0.411 e. The molecule has 3 heterocycles. The Bertz CT molecular complexity index is 1140. The van der Waals surface area contributed by atoms with Gasteiger partial charge >= 0.3 is 6.09 Å². The highest BCUT2D eigenvalue weighted by Crippen LogP contribution is 2.25. The number of thiophene rings is 1. The summed E-state index contributed by atoms with van der Waals surface area (Å²) in [6, 6.07) is 12.7. The monoisotopic (exact) mass is 378 g/mol. The molecule has 8 heteroatoms. The van der Waals surface area contributed by atoms with Gasteiger partial charge in [0.2, 0.25) is 5.78 Å². The van der Waals surface area contributed by atoms with Crippen molar-refractivity contribution in [3.05, 3.63) is 70.7 Å². The zero-order valence-corrected chi connectivity index (χ0v) is 15.1. The highest BCUT2D eigenvalue weighted by Gasteiger charge is 2.18. The van der Waals surface area contributed by atoms with Gasteiger partial charge in [-0.1, -0.05) is 18.2 Å². The minimum atomic E-state index is -0.546. The Morgan fingerprint density at radius 3 is 2.85 bits per heavy atom. The van der Waals surface area contributed by atoms with E-state index >= 15 is 0 Å². The molecule has 0 saturated heterocycles. The second-order valence-corrected chi connectivity index (χ2v) is 6.58. The zero-order chi connectivity index (χ0) is 18.8. The number of benzene rings is 1. The number of amides is 1. The van der Waals surface area contributed by atoms with Gasteiger partial charge in [0, 0.05) is 17.4 Å². The first-order valence-electron chi connectivity index (χ1n) is 8.04. The maximum atomic E-state index is 12.7. The lowest BCUT2D eigenvalue weighted by Crippen LogP contribution is -2.10. The summed E-state index contributed by atoms with van der Waals surface area (Å²) >= 11 is 1.38. The molecule has 7 nitrogen and oxygen atoms in total. The van der Waals surface area contributed by atoms with Gasteiger partial charge in [0.15, 0.2) is 5.65 Å². The number of aromatic nitrogens is 3. The molecular formula is C19H14N4O3S. The predicted molar refractivity (Wildman–Crippen MR) is 102 cm³/mol. The average molecular weight is 378 g/mol. The molecule has 1 N–H and O–H groups in total. The molecule has 0 bridgehead atoms. The summed E-state index contributed by atoms with van der Waals surface area (Å²) in [5, 5.41) is 8.85. The number of nitrogens with zero attached hydrogens (tertiary/aromatic N) is 3. The highest BCUT2D eigenvalue weighted by molar-refractivity contribution is 7.12. The van der Waals surface area contributed by atoms with Crippen molar-refractivity contribution in [1.29, 1.82) is 0 Å². The molecule has 27 heavy (non-hydrogen) atoms. The van der Waals surface area contributed by atoms with E-state index in [4.69, 9.17) is 0 Å². The van der Waals surface area contributed by atoms with Crippen LogP contribution in [0.15, 0.2) is 60.2 Å². The number of hydrogen-bond acceptors (Lipinski definition) is 6. The number of ketones is 1. The molecule has 0 atom stereocenters. The van der Waals surface area contributed by atoms with Gasteiger partial charge in [0.25, 0.3) is 0 Å². The number of methoxy groups -OCH3 is 1. The third-order valence-corrected chi connectivity index (χ3v) is 4.85. The predicted octanol–water partition coefficient (Wildman–Crippen LogP) is 3.87. The highest BCUT2D eigenvalue weighted by atomic mass is 32.1. The SMILES string of the molecule is COC(=O)Nc1cccc(-c2ccnc3c(C(=O)c4cccs4)cnn23)c1. The molecule has 0 aliphatic heterocycles. The summed E-state index contributed by atoms with van der Waals surface area (Å²) in [6.45, 7) is 0. The maximum absolute atomic E-state index is 12.7. The molecule has 134 valence electrons. The van der Waals surface area contributed by atoms with Gasteiger partial charge in [-0.15, -0.1) is 11.3 Å². The van der Waals surface area contributed by atoms with Crippen LogP contribution in [0, 0.1) is 0 Å². The second kappa shape index (κ2) is 7.00. The van der Waals surface area contributed by atoms with E-state index in [0.29, 0.717) is 21.8 Å². The van der Waals surface area contributed by atoms with E-state index in [0.717, 1.165) is 11.3 Å². The van der Waals surface area contributed by atoms with Crippen LogP contribution in [0.2, 0.25) is 0 Å². The number of fused-ring (bicyclic) bond motifs is 1. The van der Waals surface area contributed by atoms with Crippen molar-refractivity contribution in [3.8, 4) is 11.3 Å². The minimum Gasteiger partial charge on any atom is -0.453 e. The van der Waals surface area contributed by atoms with Crippen LogP contribution in [-0.4, -0.2) is 33.6 Å². The third-order valence-electron chi connectivity index (χ3n) is 3.98. The third kappa shape index (κ3) is 3.18. The van der Waals surface area contributed by atoms with E-state index in [9.17, 15) is 9.59 Å². The van der Waals surface area contributed by atoms with Crippen LogP contribution in [0.5, 0.6) is 0 Å². The number of nitrogens with one attached hydrogen (secondary N) is 1. The molecule has 4 aromatic rings. The van der Waals surface area contributed by atoms with Gasteiger partial charge in [0.1, 0.15) is 0 Å². The summed E-state index contributed by atoms with van der Waals surface area (Å²) in [4.78, 5) is 29.1. The standard InChI is InChI=1S/C19H14N4O3S/c1-26-19(25)22-13-5-2-4-12(10-13)15-7-8-20-18-14(11-21-23(15)18)17(24)16-6-3-9-27-16/h2-11H,1H3,(H,22,25). The summed E-state index contributed by atoms with van der Waals surface area (Å²) in [5.41, 5.74) is 3.08. The van der Waals surface area contributed by atoms with Crippen LogP contribution in [0.3, 0.4) is 0 Å². The Labute approximate surface area is 158 Å². The average Bonchev–Trinajstić information content (AvgIpc) is 3.37. The largest absolute Gasteiger partial charge is 0.453 e. The number of anilines is 1. The number of carbonyl (C=O) groups excluding carboxylic acids is 2. The van der Waals surface area contributed by atoms with Crippen molar-refractivity contribution >= 4 is 34.5 Å². The Kier molecular flexibility index (Phi) is 4.39. The van der Waals surface area contributed by atoms with Gasteiger partial charge in [0.05, 0.1) is 29.4 Å². The van der Waals surface area contributed by atoms with Crippen LogP contribution in [0.4, 0.5) is 10.5 Å². The lowest BCUT2D eigenvalue weighted by Gasteiger charge is -2.08. The first-order valence-corrected chi connectivity index (χ1v) is 8.91. The maximum Gasteiger partial charge on any atom is 0.411 e. The van der Waals surface area contributed by atoms with E-state index < -0.39 is 6.09 Å². The summed E-state index contributed by atoms with van der Waals surface area (Å²) < 4.78 is 6.24. The quantitative estimate of drug-likeness (QED) is 0.545. The lowest BCUT2D eigenvalue weighted by atomic mass is 10.1. The number of ether oxygens (including phenoxy) is 1. The van der Waals surface area contributed by atoms with E-state index in [-0.39, 0.29) is 5.78 Å². The molecule has 0 unspecified atom stereocenters. The summed E-state index contributed by atoms with van der Waals surface area (Å²) in [6.07, 6.45) is 2.62. The molecular weight excluding hydrogens is 364 g/mol. The molecule has 4 rings (SSSR count). The molecule has 0 saturated carbocycles. The van der Waals surface area contributed by atoms with Crippen LogP contribution in [0.1, 0.15) is 15.2 Å². The van der Waals surface area contributed by atoms with Crippen LogP contribution < -0.4 is 5.32 Å². The van der Waals surface area contributed by atoms with E-state index in [1.807, 2.05) is 23.6 Å². The molecule has 3 aromatic heterocycles. The molecule has 0 aliphatic carbocycles. The normalized spacial score (nSPS) is 10.7. The van der Waals surface area contributed by atoms with Crippen LogP contribution >= 0.6 is 11.3 Å². The Morgan fingerprint density at radius 2 is 2.07 bits per heavy atom. The fourth-order valence-electron chi connectivity index (χ4n) is 2.74. The Balaban J connectivity index is 1.77. The molecule has 1 aromatic carbocycles. The van der Waals surface area contributed by atoms with Gasteiger partial charge in [-0.05, 0) is 29.6 Å². The van der Waals surface area contributed by atoms with Gasteiger partial charge < -0.3 is 4.74 Å². The number of carbonyl (C=O) groups is 2. The van der Waals surface area contributed by atoms with Crippen molar-refractivity contribution in [2.24, 2.45) is 0 Å². The van der Waals surface area contributed by atoms with Crippen molar-refractivity contribution in [1.82, 2.24) is 14.6 Å². The second-order valence-electron chi connectivity index (χ2n) is 5.63. The number of hydrogen-bond donors (Lipinski definition) is 1. The molecule has 0 radical (unpaired) electrons. The molecule has 1 amide bonds. The van der Waals surface area contributed by atoms with Crippen molar-refractivity contribution < 1.29 is 14.3 Å². The Morgan fingerprint density at radius 1 is 1.19 bits per heavy atom. The first-order chi connectivity index (χ1) is 13.2. The van der Waals surface area contributed by atoms with Crippen molar-refractivity contribution in [3.63, 3.8) is 0 Å². The van der Waals surface area contributed by atoms with Crippen LogP contribution in [-0.2, 0) is 4.74 Å². The first kappa shape index (κ1) is 16.9. The van der Waals surface area contributed by atoms with Gasteiger partial charge in [-0.3, -0.25) is 10.1 Å². The lowest BCUT2D eigenvalue weighted by molar-refractivity contribution is 0.104. The molecule has 0 spiro atoms. The van der Waals surface area contributed by atoms with Crippen LogP contribution in [0.25, 0.3) is 16.9 Å². The zero-order valence-electron chi connectivity index (χ0n) is 14.2. The molecule has 0 aliphatic rings. The Hall–Kier alpha value is -3.52. The topological polar surface area (TPSA) is 85.6 Å². The van der Waals surface area contributed by atoms with E-state index in [1.165, 1.54) is 24.6 Å². The van der Waals surface area contributed by atoms with E-state index in [2.05, 4.69) is 20.1 Å². The fourth-order valence-corrected chi connectivity index (χ4v) is 3.41. The van der Waals surface area contributed by atoms with E-state index in [1.54, 1.807) is 35.0 Å². The van der Waals surface area contributed by atoms with Crippen molar-refractivity contribution in [2.75, 3.05) is 12.4 Å². The minimum absolute atomic E-state index is 0.106. The van der Waals surface area contributed by atoms with Gasteiger partial charge in [-0.2, -0.15) is 5.10 Å². The van der Waals surface area contributed by atoms with Crippen molar-refractivity contribution in [2.45, 2.75) is 0 Å². The fraction of sp³-hybridized carbons (Fsp3) is 0.0526. The summed E-state index contributed by atoms with van der Waals surface area (Å²) in [5.74, 6) is -0.106. The number of rotatable bonds is 4.